The molecule has 0 aliphatic carbocycles. The second-order valence-corrected chi connectivity index (χ2v) is 8.92. The van der Waals surface area contributed by atoms with Gasteiger partial charge in [-0.2, -0.15) is 0 Å². The van der Waals surface area contributed by atoms with Gasteiger partial charge in [0.1, 0.15) is 0 Å². The van der Waals surface area contributed by atoms with Gasteiger partial charge in [0, 0.05) is 21.5 Å². The van der Waals surface area contributed by atoms with Crippen LogP contribution in [0.1, 0.15) is 36.6 Å². The van der Waals surface area contributed by atoms with Crippen molar-refractivity contribution < 1.29 is 24.4 Å². The van der Waals surface area contributed by atoms with Crippen LogP contribution in [0.3, 0.4) is 0 Å². The zero-order valence-electron chi connectivity index (χ0n) is 18.1. The fraction of sp³-hybridized carbons (Fsp3) is 0.0385. The summed E-state index contributed by atoms with van der Waals surface area (Å²) in [4.78, 5) is 50.9. The number of hydrogen-bond acceptors (Lipinski definition) is 5. The first-order chi connectivity index (χ1) is 16.7. The topological polar surface area (TPSA) is 118 Å². The van der Waals surface area contributed by atoms with Crippen molar-refractivity contribution in [1.29, 1.82) is 0 Å². The maximum Gasteiger partial charge on any atom is 0.335 e. The summed E-state index contributed by atoms with van der Waals surface area (Å²) in [5.74, 6) is -2.61. The molecule has 4 aromatic carbocycles. The number of anilines is 1. The fourth-order valence-corrected chi connectivity index (χ4v) is 4.66. The molecular weight excluding hydrogens is 516 g/mol. The average molecular weight is 531 g/mol. The molecular formula is C26H15BrN2O6. The van der Waals surface area contributed by atoms with Crippen molar-refractivity contribution in [3.63, 3.8) is 0 Å². The summed E-state index contributed by atoms with van der Waals surface area (Å²) in [6.07, 6.45) is 0. The van der Waals surface area contributed by atoms with Gasteiger partial charge in [-0.1, -0.05) is 46.3 Å². The molecule has 172 valence electrons. The van der Waals surface area contributed by atoms with E-state index in [0.29, 0.717) is 21.9 Å². The summed E-state index contributed by atoms with van der Waals surface area (Å²) < 4.78 is 0.844. The highest BCUT2D eigenvalue weighted by Crippen LogP contribution is 2.43. The molecule has 35 heavy (non-hydrogen) atoms. The minimum absolute atomic E-state index is 0.000196. The fourth-order valence-electron chi connectivity index (χ4n) is 4.41. The van der Waals surface area contributed by atoms with E-state index in [1.807, 2.05) is 6.92 Å². The van der Waals surface area contributed by atoms with Gasteiger partial charge in [-0.3, -0.25) is 19.7 Å². The maximum absolute atomic E-state index is 13.5. The zero-order chi connectivity index (χ0) is 25.0. The van der Waals surface area contributed by atoms with E-state index in [9.17, 15) is 29.6 Å². The molecule has 0 bridgehead atoms. The van der Waals surface area contributed by atoms with Crippen molar-refractivity contribution in [3.05, 3.63) is 104 Å². The van der Waals surface area contributed by atoms with Crippen molar-refractivity contribution in [2.75, 3.05) is 4.90 Å². The highest BCUT2D eigenvalue weighted by atomic mass is 79.9. The van der Waals surface area contributed by atoms with Crippen LogP contribution in [0.25, 0.3) is 21.9 Å². The van der Waals surface area contributed by atoms with Crippen LogP contribution < -0.4 is 4.90 Å². The number of halogens is 1. The summed E-state index contributed by atoms with van der Waals surface area (Å²) in [6, 6.07) is 16.8. The summed E-state index contributed by atoms with van der Waals surface area (Å²) in [5, 5.41) is 22.2. The van der Waals surface area contributed by atoms with Crippen LogP contribution in [-0.4, -0.2) is 27.8 Å². The minimum atomic E-state index is -1.21. The lowest BCUT2D eigenvalue weighted by atomic mass is 9.87. The molecule has 0 saturated heterocycles. The molecule has 0 fully saturated rings. The monoisotopic (exact) mass is 530 g/mol. The number of carboxylic acid groups (broad SMARTS) is 1. The molecule has 1 heterocycles. The summed E-state index contributed by atoms with van der Waals surface area (Å²) in [7, 11) is 0. The third kappa shape index (κ3) is 3.48. The number of rotatable bonds is 4. The SMILES string of the molecule is Cc1cc(-c2c([N+](=O)[O-])cc3c4c(cccc24)C(=O)N(c2cccc(C(=O)O)c2)C3=O)ccc1Br. The number of aryl methyl sites for hydroxylation is 1. The Labute approximate surface area is 206 Å². The van der Waals surface area contributed by atoms with Crippen LogP contribution in [0.4, 0.5) is 11.4 Å². The summed E-state index contributed by atoms with van der Waals surface area (Å²) in [5.41, 5.74) is 1.66. The van der Waals surface area contributed by atoms with Crippen LogP contribution in [0.15, 0.2) is 71.2 Å². The van der Waals surface area contributed by atoms with Gasteiger partial charge in [-0.25, -0.2) is 9.69 Å². The number of imide groups is 1. The van der Waals surface area contributed by atoms with Gasteiger partial charge in [0.2, 0.25) is 0 Å². The normalized spacial score (nSPS) is 12.8. The Morgan fingerprint density at radius 3 is 2.37 bits per heavy atom. The van der Waals surface area contributed by atoms with Crippen molar-refractivity contribution in [2.45, 2.75) is 6.92 Å². The first-order valence-electron chi connectivity index (χ1n) is 10.4. The Bertz CT molecular complexity index is 1630. The van der Waals surface area contributed by atoms with Crippen LogP contribution in [0.2, 0.25) is 0 Å². The number of carbonyl (C=O) groups is 3. The maximum atomic E-state index is 13.5. The Hall–Kier alpha value is -4.37. The lowest BCUT2D eigenvalue weighted by molar-refractivity contribution is -0.384. The molecule has 1 N–H and O–H groups in total. The Kier molecular flexibility index (Phi) is 5.21. The number of nitro groups is 1. The molecule has 5 rings (SSSR count). The van der Waals surface area contributed by atoms with Crippen molar-refractivity contribution in [2.24, 2.45) is 0 Å². The predicted molar refractivity (Wildman–Crippen MR) is 133 cm³/mol. The Morgan fingerprint density at radius 1 is 0.971 bits per heavy atom. The van der Waals surface area contributed by atoms with Crippen molar-refractivity contribution in [3.8, 4) is 11.1 Å². The number of nitro benzene ring substituents is 1. The van der Waals surface area contributed by atoms with Gasteiger partial charge in [-0.05, 0) is 53.8 Å². The third-order valence-electron chi connectivity index (χ3n) is 6.00. The lowest BCUT2D eigenvalue weighted by Crippen LogP contribution is -2.40. The molecule has 0 unspecified atom stereocenters. The number of nitrogens with zero attached hydrogens (tertiary/aromatic N) is 2. The standard InChI is InChI=1S/C26H15BrN2O6/c1-13-10-14(8-9-20(13)27)22-17-6-3-7-18-23(17)19(12-21(22)29(34)35)25(31)28(24(18)30)16-5-2-4-15(11-16)26(32)33/h2-12H,1H3,(H,32,33). The number of amides is 2. The molecule has 1 aliphatic rings. The average Bonchev–Trinajstić information content (AvgIpc) is 2.83. The van der Waals surface area contributed by atoms with Crippen LogP contribution in [-0.2, 0) is 0 Å². The van der Waals surface area contributed by atoms with Crippen molar-refractivity contribution >= 4 is 55.9 Å². The molecule has 0 radical (unpaired) electrons. The second-order valence-electron chi connectivity index (χ2n) is 8.07. The van der Waals surface area contributed by atoms with Gasteiger partial charge >= 0.3 is 5.97 Å². The van der Waals surface area contributed by atoms with Crippen LogP contribution >= 0.6 is 15.9 Å². The molecule has 1 aliphatic heterocycles. The quantitative estimate of drug-likeness (QED) is 0.197. The van der Waals surface area contributed by atoms with Gasteiger partial charge in [-0.15, -0.1) is 0 Å². The number of benzene rings is 4. The van der Waals surface area contributed by atoms with E-state index in [1.54, 1.807) is 36.4 Å². The Balaban J connectivity index is 1.81. The Morgan fingerprint density at radius 2 is 1.69 bits per heavy atom. The molecule has 0 atom stereocenters. The van der Waals surface area contributed by atoms with E-state index in [1.165, 1.54) is 30.3 Å². The first kappa shape index (κ1) is 22.4. The molecule has 2 amide bonds. The predicted octanol–water partition coefficient (Wildman–Crippen LogP) is 5.98. The van der Waals surface area contributed by atoms with E-state index < -0.39 is 22.7 Å². The van der Waals surface area contributed by atoms with E-state index in [-0.39, 0.29) is 28.1 Å². The molecule has 0 saturated carbocycles. The highest BCUT2D eigenvalue weighted by Gasteiger charge is 2.37. The summed E-state index contributed by atoms with van der Waals surface area (Å²) in [6.45, 7) is 1.86. The molecule has 0 aromatic heterocycles. The number of aromatic carboxylic acids is 1. The van der Waals surface area contributed by atoms with Gasteiger partial charge < -0.3 is 5.11 Å². The van der Waals surface area contributed by atoms with Crippen LogP contribution in [0, 0.1) is 17.0 Å². The number of hydrogen-bond donors (Lipinski definition) is 1. The van der Waals surface area contributed by atoms with Gasteiger partial charge in [0.05, 0.1) is 27.3 Å². The number of carboxylic acids is 1. The number of carbonyl (C=O) groups excluding carboxylic acids is 2. The van der Waals surface area contributed by atoms with Crippen molar-refractivity contribution in [1.82, 2.24) is 0 Å². The lowest BCUT2D eigenvalue weighted by Gasteiger charge is -2.28. The van der Waals surface area contributed by atoms with Gasteiger partial charge in [0.15, 0.2) is 0 Å². The molecule has 9 heteroatoms. The zero-order valence-corrected chi connectivity index (χ0v) is 19.7. The van der Waals surface area contributed by atoms with E-state index in [2.05, 4.69) is 15.9 Å². The van der Waals surface area contributed by atoms with Crippen LogP contribution in [0.5, 0.6) is 0 Å². The van der Waals surface area contributed by atoms with E-state index in [4.69, 9.17) is 0 Å². The third-order valence-corrected chi connectivity index (χ3v) is 6.89. The largest absolute Gasteiger partial charge is 0.478 e. The molecule has 4 aromatic rings. The van der Waals surface area contributed by atoms with E-state index in [0.717, 1.165) is 14.9 Å². The van der Waals surface area contributed by atoms with E-state index >= 15 is 0 Å². The second kappa shape index (κ2) is 8.14. The molecule has 8 nitrogen and oxygen atoms in total. The molecule has 0 spiro atoms. The van der Waals surface area contributed by atoms with Gasteiger partial charge in [0.25, 0.3) is 17.5 Å². The minimum Gasteiger partial charge on any atom is -0.478 e. The smallest absolute Gasteiger partial charge is 0.335 e. The first-order valence-corrected chi connectivity index (χ1v) is 11.2. The summed E-state index contributed by atoms with van der Waals surface area (Å²) >= 11 is 3.44. The highest BCUT2D eigenvalue weighted by molar-refractivity contribution is 9.10.